The SMILES string of the molecule is O=S(=O)(Nc1nc2ccccc2nc1Nc1ccc(Cl)c(Cl)c1)c1ccc2c(c1)OCCO2. The van der Waals surface area contributed by atoms with Crippen molar-refractivity contribution in [3.8, 4) is 11.5 Å². The average molecular weight is 503 g/mol. The lowest BCUT2D eigenvalue weighted by Gasteiger charge is -2.19. The minimum absolute atomic E-state index is 0.00203. The number of halogens is 2. The molecule has 0 unspecified atom stereocenters. The van der Waals surface area contributed by atoms with Crippen molar-refractivity contribution < 1.29 is 17.9 Å². The summed E-state index contributed by atoms with van der Waals surface area (Å²) >= 11 is 12.1. The van der Waals surface area contributed by atoms with E-state index in [1.165, 1.54) is 12.1 Å². The number of anilines is 3. The number of para-hydroxylation sites is 2. The van der Waals surface area contributed by atoms with Crippen molar-refractivity contribution in [3.63, 3.8) is 0 Å². The van der Waals surface area contributed by atoms with Crippen molar-refractivity contribution in [2.45, 2.75) is 4.90 Å². The largest absolute Gasteiger partial charge is 0.486 e. The smallest absolute Gasteiger partial charge is 0.263 e. The van der Waals surface area contributed by atoms with Crippen molar-refractivity contribution in [3.05, 3.63) is 70.7 Å². The first-order valence-electron chi connectivity index (χ1n) is 9.80. The second kappa shape index (κ2) is 8.58. The predicted octanol–water partition coefficient (Wildman–Crippen LogP) is 5.25. The highest BCUT2D eigenvalue weighted by molar-refractivity contribution is 7.92. The molecule has 0 amide bonds. The molecule has 8 nitrogen and oxygen atoms in total. The lowest BCUT2D eigenvalue weighted by molar-refractivity contribution is 0.171. The molecule has 0 atom stereocenters. The molecule has 0 spiro atoms. The van der Waals surface area contributed by atoms with Gasteiger partial charge in [0.1, 0.15) is 13.2 Å². The lowest BCUT2D eigenvalue weighted by Crippen LogP contribution is -2.18. The number of sulfonamides is 1. The first-order valence-corrected chi connectivity index (χ1v) is 12.0. The molecule has 0 fully saturated rings. The Labute approximate surface area is 199 Å². The first-order chi connectivity index (χ1) is 15.9. The molecule has 0 radical (unpaired) electrons. The van der Waals surface area contributed by atoms with Gasteiger partial charge in [0.25, 0.3) is 10.0 Å². The summed E-state index contributed by atoms with van der Waals surface area (Å²) in [6.07, 6.45) is 0. The van der Waals surface area contributed by atoms with Crippen LogP contribution in [0, 0.1) is 0 Å². The van der Waals surface area contributed by atoms with Crippen molar-refractivity contribution in [2.24, 2.45) is 0 Å². The minimum atomic E-state index is -4.02. The molecule has 168 valence electrons. The van der Waals surface area contributed by atoms with Crippen molar-refractivity contribution in [1.82, 2.24) is 9.97 Å². The van der Waals surface area contributed by atoms with E-state index in [-0.39, 0.29) is 16.5 Å². The lowest BCUT2D eigenvalue weighted by atomic mass is 10.3. The summed E-state index contributed by atoms with van der Waals surface area (Å²) in [5.74, 6) is 1.08. The number of ether oxygens (including phenoxy) is 2. The molecule has 1 aromatic heterocycles. The van der Waals surface area contributed by atoms with E-state index in [1.807, 2.05) is 6.07 Å². The maximum Gasteiger partial charge on any atom is 0.263 e. The van der Waals surface area contributed by atoms with E-state index in [0.29, 0.717) is 51.5 Å². The number of benzene rings is 3. The van der Waals surface area contributed by atoms with Gasteiger partial charge in [-0.05, 0) is 42.5 Å². The number of hydrogen-bond acceptors (Lipinski definition) is 7. The minimum Gasteiger partial charge on any atom is -0.486 e. The summed E-state index contributed by atoms with van der Waals surface area (Å²) < 4.78 is 39.9. The predicted molar refractivity (Wildman–Crippen MR) is 128 cm³/mol. The Morgan fingerprint density at radius 3 is 2.21 bits per heavy atom. The molecule has 5 rings (SSSR count). The summed E-state index contributed by atoms with van der Waals surface area (Å²) in [4.78, 5) is 9.03. The molecule has 3 aromatic carbocycles. The molecule has 0 bridgehead atoms. The van der Waals surface area contributed by atoms with Gasteiger partial charge in [-0.2, -0.15) is 0 Å². The third-order valence-corrected chi connectivity index (χ3v) is 6.88. The number of rotatable bonds is 5. The van der Waals surface area contributed by atoms with E-state index >= 15 is 0 Å². The highest BCUT2D eigenvalue weighted by Crippen LogP contribution is 2.34. The molecule has 0 saturated carbocycles. The molecule has 0 aliphatic carbocycles. The van der Waals surface area contributed by atoms with Gasteiger partial charge in [-0.3, -0.25) is 4.72 Å². The summed E-state index contributed by atoms with van der Waals surface area (Å²) in [5.41, 5.74) is 1.67. The third kappa shape index (κ3) is 4.47. The van der Waals surface area contributed by atoms with E-state index < -0.39 is 10.0 Å². The van der Waals surface area contributed by atoms with Crippen LogP contribution in [0.1, 0.15) is 0 Å². The van der Waals surface area contributed by atoms with Gasteiger partial charge in [0, 0.05) is 11.8 Å². The Hall–Kier alpha value is -3.27. The molecular formula is C22H16Cl2N4O4S. The number of fused-ring (bicyclic) bond motifs is 2. The van der Waals surface area contributed by atoms with E-state index in [2.05, 4.69) is 20.0 Å². The topological polar surface area (TPSA) is 102 Å². The van der Waals surface area contributed by atoms with Gasteiger partial charge in [-0.15, -0.1) is 0 Å². The summed E-state index contributed by atoms with van der Waals surface area (Å²) in [6.45, 7) is 0.756. The molecule has 11 heteroatoms. The number of hydrogen-bond donors (Lipinski definition) is 2. The highest BCUT2D eigenvalue weighted by atomic mass is 35.5. The van der Waals surface area contributed by atoms with Crippen LogP contribution in [0.4, 0.5) is 17.3 Å². The fourth-order valence-corrected chi connectivity index (χ4v) is 4.57. The molecule has 1 aliphatic rings. The van der Waals surface area contributed by atoms with Gasteiger partial charge >= 0.3 is 0 Å². The van der Waals surface area contributed by atoms with E-state index in [4.69, 9.17) is 32.7 Å². The van der Waals surface area contributed by atoms with Crippen LogP contribution in [0.3, 0.4) is 0 Å². The zero-order chi connectivity index (χ0) is 23.0. The molecule has 0 saturated heterocycles. The van der Waals surface area contributed by atoms with Gasteiger partial charge < -0.3 is 14.8 Å². The Morgan fingerprint density at radius 2 is 1.48 bits per heavy atom. The monoisotopic (exact) mass is 502 g/mol. The van der Waals surface area contributed by atoms with Crippen LogP contribution < -0.4 is 19.5 Å². The maximum atomic E-state index is 13.2. The van der Waals surface area contributed by atoms with Gasteiger partial charge in [0.2, 0.25) is 0 Å². The van der Waals surface area contributed by atoms with Crippen molar-refractivity contribution >= 4 is 61.6 Å². The number of nitrogens with one attached hydrogen (secondary N) is 2. The van der Waals surface area contributed by atoms with Crippen LogP contribution in [0.15, 0.2) is 65.6 Å². The van der Waals surface area contributed by atoms with Crippen LogP contribution >= 0.6 is 23.2 Å². The Morgan fingerprint density at radius 1 is 0.788 bits per heavy atom. The van der Waals surface area contributed by atoms with Crippen molar-refractivity contribution in [2.75, 3.05) is 23.3 Å². The van der Waals surface area contributed by atoms with Crippen LogP contribution in [0.25, 0.3) is 11.0 Å². The number of aromatic nitrogens is 2. The fourth-order valence-electron chi connectivity index (χ4n) is 3.25. The second-order valence-corrected chi connectivity index (χ2v) is 9.57. The Kier molecular flexibility index (Phi) is 5.61. The highest BCUT2D eigenvalue weighted by Gasteiger charge is 2.22. The molecule has 33 heavy (non-hydrogen) atoms. The number of nitrogens with zero attached hydrogens (tertiary/aromatic N) is 2. The van der Waals surface area contributed by atoms with Crippen LogP contribution in [-0.2, 0) is 10.0 Å². The quantitative estimate of drug-likeness (QED) is 0.384. The van der Waals surface area contributed by atoms with Crippen molar-refractivity contribution in [1.29, 1.82) is 0 Å². The molecule has 1 aliphatic heterocycles. The first kappa shape index (κ1) is 21.6. The van der Waals surface area contributed by atoms with E-state index in [1.54, 1.807) is 42.5 Å². The molecule has 2 N–H and O–H groups in total. The van der Waals surface area contributed by atoms with Crippen LogP contribution in [-0.4, -0.2) is 31.6 Å². The van der Waals surface area contributed by atoms with Gasteiger partial charge in [-0.1, -0.05) is 35.3 Å². The van der Waals surface area contributed by atoms with E-state index in [0.717, 1.165) is 0 Å². The van der Waals surface area contributed by atoms with Gasteiger partial charge in [0.15, 0.2) is 23.1 Å². The standard InChI is InChI=1S/C22H16Cl2N4O4S/c23-15-7-5-13(11-16(15)24)25-21-22(27-18-4-2-1-3-17(18)26-21)28-33(29,30)14-6-8-19-20(12-14)32-10-9-31-19/h1-8,11-12H,9-10H2,(H,25,26)(H,27,28). The summed E-state index contributed by atoms with van der Waals surface area (Å²) in [7, 11) is -4.02. The molecule has 2 heterocycles. The zero-order valence-corrected chi connectivity index (χ0v) is 19.2. The van der Waals surface area contributed by atoms with Crippen LogP contribution in [0.2, 0.25) is 10.0 Å². The van der Waals surface area contributed by atoms with Gasteiger partial charge in [-0.25, -0.2) is 18.4 Å². The zero-order valence-electron chi connectivity index (χ0n) is 16.9. The Bertz CT molecular complexity index is 1480. The van der Waals surface area contributed by atoms with Gasteiger partial charge in [0.05, 0.1) is 26.0 Å². The average Bonchev–Trinajstić information content (AvgIpc) is 2.81. The summed E-state index contributed by atoms with van der Waals surface area (Å²) in [5, 5.41) is 3.80. The normalized spacial score (nSPS) is 13.0. The second-order valence-electron chi connectivity index (χ2n) is 7.07. The summed E-state index contributed by atoms with van der Waals surface area (Å²) in [6, 6.07) is 16.5. The molecule has 4 aromatic rings. The Balaban J connectivity index is 1.54. The van der Waals surface area contributed by atoms with E-state index in [9.17, 15) is 8.42 Å². The van der Waals surface area contributed by atoms with Crippen LogP contribution in [0.5, 0.6) is 11.5 Å². The fraction of sp³-hybridized carbons (Fsp3) is 0.0909. The molecular weight excluding hydrogens is 487 g/mol. The maximum absolute atomic E-state index is 13.2. The third-order valence-electron chi connectivity index (χ3n) is 4.81.